The first kappa shape index (κ1) is 21.5. The first-order valence-electron chi connectivity index (χ1n) is 10.2. The minimum Gasteiger partial charge on any atom is -0.496 e. The highest BCUT2D eigenvalue weighted by Gasteiger charge is 2.18. The smallest absolute Gasteiger partial charge is 0.191 e. The van der Waals surface area contributed by atoms with Crippen molar-refractivity contribution in [3.05, 3.63) is 29.8 Å². The zero-order chi connectivity index (χ0) is 19.5. The molecule has 1 heterocycles. The van der Waals surface area contributed by atoms with Crippen LogP contribution in [0.25, 0.3) is 0 Å². The van der Waals surface area contributed by atoms with E-state index in [1.54, 1.807) is 7.11 Å². The predicted molar refractivity (Wildman–Crippen MR) is 114 cm³/mol. The van der Waals surface area contributed by atoms with Crippen LogP contribution in [0.4, 0.5) is 0 Å². The Morgan fingerprint density at radius 1 is 1.19 bits per heavy atom. The van der Waals surface area contributed by atoms with Gasteiger partial charge in [0.15, 0.2) is 5.96 Å². The van der Waals surface area contributed by atoms with Crippen LogP contribution in [-0.4, -0.2) is 76.2 Å². The Labute approximate surface area is 165 Å². The molecule has 1 aliphatic rings. The molecule has 1 aromatic carbocycles. The maximum atomic E-state index is 5.55. The third-order valence-corrected chi connectivity index (χ3v) is 5.06. The van der Waals surface area contributed by atoms with Crippen molar-refractivity contribution >= 4 is 5.96 Å². The quantitative estimate of drug-likeness (QED) is 0.513. The molecule has 0 radical (unpaired) electrons. The fourth-order valence-corrected chi connectivity index (χ4v) is 3.52. The van der Waals surface area contributed by atoms with Gasteiger partial charge in [0.05, 0.1) is 19.7 Å². The Kier molecular flexibility index (Phi) is 9.42. The third-order valence-electron chi connectivity index (χ3n) is 5.06. The number of hydrogen-bond donors (Lipinski definition) is 2. The summed E-state index contributed by atoms with van der Waals surface area (Å²) in [5.74, 6) is 1.80. The van der Waals surface area contributed by atoms with Crippen LogP contribution >= 0.6 is 0 Å². The molecule has 2 N–H and O–H groups in total. The van der Waals surface area contributed by atoms with Gasteiger partial charge in [-0.05, 0) is 53.0 Å². The second kappa shape index (κ2) is 11.8. The molecule has 6 nitrogen and oxygen atoms in total. The summed E-state index contributed by atoms with van der Waals surface area (Å²) in [4.78, 5) is 9.58. The summed E-state index contributed by atoms with van der Waals surface area (Å²) in [6.07, 6.45) is 4.04. The van der Waals surface area contributed by atoms with Gasteiger partial charge in [0.25, 0.3) is 0 Å². The highest BCUT2D eigenvalue weighted by atomic mass is 16.5. The lowest BCUT2D eigenvalue weighted by Gasteiger charge is -2.27. The zero-order valence-electron chi connectivity index (χ0n) is 17.5. The Bertz CT molecular complexity index is 569. The molecule has 152 valence electrons. The second-order valence-corrected chi connectivity index (χ2v) is 7.27. The number of piperidine rings is 1. The van der Waals surface area contributed by atoms with Gasteiger partial charge >= 0.3 is 0 Å². The number of guanidine groups is 1. The van der Waals surface area contributed by atoms with Crippen molar-refractivity contribution in [2.24, 2.45) is 4.99 Å². The molecule has 0 aliphatic carbocycles. The van der Waals surface area contributed by atoms with E-state index in [4.69, 9.17) is 9.73 Å². The predicted octanol–water partition coefficient (Wildman–Crippen LogP) is 2.34. The molecule has 6 heteroatoms. The Balaban J connectivity index is 1.97. The SMILES string of the molecule is CCNC(=NCC(c1ccccc1OC)N(C)C)NCCN1CCCCC1. The lowest BCUT2D eigenvalue weighted by atomic mass is 10.0. The molecule has 2 rings (SSSR count). The molecule has 27 heavy (non-hydrogen) atoms. The lowest BCUT2D eigenvalue weighted by molar-refractivity contribution is 0.232. The van der Waals surface area contributed by atoms with Crippen molar-refractivity contribution in [2.45, 2.75) is 32.2 Å². The van der Waals surface area contributed by atoms with Crippen LogP contribution in [0.1, 0.15) is 37.8 Å². The second-order valence-electron chi connectivity index (χ2n) is 7.27. The van der Waals surface area contributed by atoms with Gasteiger partial charge in [0, 0.05) is 25.2 Å². The van der Waals surface area contributed by atoms with Crippen LogP contribution in [0.3, 0.4) is 0 Å². The summed E-state index contributed by atoms with van der Waals surface area (Å²) >= 11 is 0. The number of likely N-dealkylation sites (tertiary alicyclic amines) is 1. The van der Waals surface area contributed by atoms with Gasteiger partial charge in [0.2, 0.25) is 0 Å². The number of ether oxygens (including phenoxy) is 1. The van der Waals surface area contributed by atoms with Crippen molar-refractivity contribution in [1.29, 1.82) is 0 Å². The number of rotatable bonds is 9. The molecule has 1 fully saturated rings. The Hall–Kier alpha value is -1.79. The van der Waals surface area contributed by atoms with E-state index in [0.29, 0.717) is 6.54 Å². The van der Waals surface area contributed by atoms with Crippen molar-refractivity contribution in [3.63, 3.8) is 0 Å². The van der Waals surface area contributed by atoms with Crippen LogP contribution < -0.4 is 15.4 Å². The Morgan fingerprint density at radius 2 is 1.93 bits per heavy atom. The standard InChI is InChI=1S/C21H37N5O/c1-5-22-21(23-13-16-26-14-9-6-10-15-26)24-17-19(25(2)3)18-11-7-8-12-20(18)27-4/h7-8,11-12,19H,5-6,9-10,13-17H2,1-4H3,(H2,22,23,24). The summed E-state index contributed by atoms with van der Waals surface area (Å²) in [7, 11) is 5.90. The number of nitrogens with zero attached hydrogens (tertiary/aromatic N) is 3. The number of para-hydroxylation sites is 1. The van der Waals surface area contributed by atoms with E-state index in [0.717, 1.165) is 36.9 Å². The van der Waals surface area contributed by atoms with E-state index < -0.39 is 0 Å². The summed E-state index contributed by atoms with van der Waals surface area (Å²) in [5, 5.41) is 6.86. The number of hydrogen-bond acceptors (Lipinski definition) is 4. The number of methoxy groups -OCH3 is 1. The van der Waals surface area contributed by atoms with Crippen LogP contribution in [0.2, 0.25) is 0 Å². The summed E-state index contributed by atoms with van der Waals surface area (Å²) in [6.45, 7) is 8.09. The molecule has 0 aromatic heterocycles. The minimum absolute atomic E-state index is 0.165. The van der Waals surface area contributed by atoms with Gasteiger partial charge in [-0.15, -0.1) is 0 Å². The lowest BCUT2D eigenvalue weighted by Crippen LogP contribution is -2.43. The Morgan fingerprint density at radius 3 is 2.59 bits per heavy atom. The maximum absolute atomic E-state index is 5.55. The average molecular weight is 376 g/mol. The zero-order valence-corrected chi connectivity index (χ0v) is 17.5. The van der Waals surface area contributed by atoms with Crippen molar-refractivity contribution < 1.29 is 4.74 Å². The fourth-order valence-electron chi connectivity index (χ4n) is 3.52. The van der Waals surface area contributed by atoms with Crippen molar-refractivity contribution in [1.82, 2.24) is 20.4 Å². The van der Waals surface area contributed by atoms with Crippen LogP contribution in [-0.2, 0) is 0 Å². The van der Waals surface area contributed by atoms with Gasteiger partial charge in [-0.2, -0.15) is 0 Å². The third kappa shape index (κ3) is 7.03. The van der Waals surface area contributed by atoms with Gasteiger partial charge in [-0.1, -0.05) is 24.6 Å². The average Bonchev–Trinajstić information content (AvgIpc) is 2.69. The van der Waals surface area contributed by atoms with Gasteiger partial charge in [-0.3, -0.25) is 4.99 Å². The number of nitrogens with one attached hydrogen (secondary N) is 2. The number of aliphatic imine (C=N–C) groups is 1. The highest BCUT2D eigenvalue weighted by Crippen LogP contribution is 2.28. The molecular weight excluding hydrogens is 338 g/mol. The first-order chi connectivity index (χ1) is 13.2. The molecule has 0 saturated carbocycles. The molecule has 1 aromatic rings. The van der Waals surface area contributed by atoms with Gasteiger partial charge in [-0.25, -0.2) is 0 Å². The van der Waals surface area contributed by atoms with E-state index in [-0.39, 0.29) is 6.04 Å². The van der Waals surface area contributed by atoms with Gasteiger partial charge < -0.3 is 25.2 Å². The van der Waals surface area contributed by atoms with Crippen LogP contribution in [0, 0.1) is 0 Å². The normalized spacial score (nSPS) is 17.0. The molecule has 1 saturated heterocycles. The summed E-state index contributed by atoms with van der Waals surface area (Å²) in [5.41, 5.74) is 1.16. The molecule has 0 bridgehead atoms. The first-order valence-corrected chi connectivity index (χ1v) is 10.2. The summed E-state index contributed by atoms with van der Waals surface area (Å²) < 4.78 is 5.55. The number of benzene rings is 1. The largest absolute Gasteiger partial charge is 0.496 e. The topological polar surface area (TPSA) is 52.1 Å². The minimum atomic E-state index is 0.165. The maximum Gasteiger partial charge on any atom is 0.191 e. The van der Waals surface area contributed by atoms with Crippen LogP contribution in [0.15, 0.2) is 29.3 Å². The van der Waals surface area contributed by atoms with E-state index in [9.17, 15) is 0 Å². The molecule has 1 aliphatic heterocycles. The fraction of sp³-hybridized carbons (Fsp3) is 0.667. The number of likely N-dealkylation sites (N-methyl/N-ethyl adjacent to an activating group) is 1. The molecule has 1 atom stereocenters. The van der Waals surface area contributed by atoms with E-state index in [1.165, 1.54) is 32.4 Å². The molecule has 0 spiro atoms. The van der Waals surface area contributed by atoms with Crippen molar-refractivity contribution in [3.8, 4) is 5.75 Å². The monoisotopic (exact) mass is 375 g/mol. The summed E-state index contributed by atoms with van der Waals surface area (Å²) in [6, 6.07) is 8.36. The molecule has 0 amide bonds. The van der Waals surface area contributed by atoms with Crippen molar-refractivity contribution in [2.75, 3.05) is 60.5 Å². The van der Waals surface area contributed by atoms with Crippen LogP contribution in [0.5, 0.6) is 5.75 Å². The van der Waals surface area contributed by atoms with E-state index in [2.05, 4.69) is 53.6 Å². The van der Waals surface area contributed by atoms with E-state index in [1.807, 2.05) is 12.1 Å². The molecular formula is C21H37N5O. The van der Waals surface area contributed by atoms with Gasteiger partial charge in [0.1, 0.15) is 5.75 Å². The highest BCUT2D eigenvalue weighted by molar-refractivity contribution is 5.79. The molecule has 1 unspecified atom stereocenters. The van der Waals surface area contributed by atoms with E-state index >= 15 is 0 Å².